The molecule has 2 aromatic rings. The van der Waals surface area contributed by atoms with Gasteiger partial charge in [0.1, 0.15) is 6.17 Å². The zero-order valence-corrected chi connectivity index (χ0v) is 14.8. The molecule has 0 N–H and O–H groups in total. The minimum absolute atomic E-state index is 0.194. The number of likely N-dealkylation sites (tertiary alicyclic amines) is 1. The molecule has 0 aliphatic carbocycles. The first-order valence-corrected chi connectivity index (χ1v) is 8.56. The molecule has 0 spiro atoms. The van der Waals surface area contributed by atoms with E-state index in [0.29, 0.717) is 18.5 Å². The van der Waals surface area contributed by atoms with Crippen molar-refractivity contribution in [1.29, 1.82) is 5.26 Å². The molecular weight excluding hydrogens is 317 g/mol. The number of aryl methyl sites for hydroxylation is 1. The van der Waals surface area contributed by atoms with Crippen LogP contribution in [-0.2, 0) is 20.1 Å². The Kier molecular flexibility index (Phi) is 5.47. The first-order valence-electron chi connectivity index (χ1n) is 8.56. The summed E-state index contributed by atoms with van der Waals surface area (Å²) in [5, 5.41) is 13.2. The molecule has 25 heavy (non-hydrogen) atoms. The highest BCUT2D eigenvalue weighted by molar-refractivity contribution is 5.32. The van der Waals surface area contributed by atoms with Crippen molar-refractivity contribution in [1.82, 2.24) is 19.6 Å². The first-order chi connectivity index (χ1) is 12.0. The van der Waals surface area contributed by atoms with Crippen LogP contribution in [0.25, 0.3) is 0 Å². The van der Waals surface area contributed by atoms with Crippen molar-refractivity contribution in [2.45, 2.75) is 31.7 Å². The van der Waals surface area contributed by atoms with Crippen molar-refractivity contribution in [3.8, 4) is 6.07 Å². The Hall–Kier alpha value is -2.23. The molecule has 5 nitrogen and oxygen atoms in total. The second kappa shape index (κ2) is 7.77. The van der Waals surface area contributed by atoms with Gasteiger partial charge in [-0.15, -0.1) is 0 Å². The molecule has 0 radical (unpaired) electrons. The van der Waals surface area contributed by atoms with E-state index < -0.39 is 6.17 Å². The van der Waals surface area contributed by atoms with Crippen LogP contribution in [0.5, 0.6) is 0 Å². The normalized spacial score (nSPS) is 20.9. The fourth-order valence-electron chi connectivity index (χ4n) is 3.57. The Morgan fingerprint density at radius 3 is 2.96 bits per heavy atom. The van der Waals surface area contributed by atoms with E-state index in [4.69, 9.17) is 5.26 Å². The van der Waals surface area contributed by atoms with Crippen LogP contribution in [0.3, 0.4) is 0 Å². The second-order valence-corrected chi connectivity index (χ2v) is 6.95. The Morgan fingerprint density at radius 2 is 2.24 bits per heavy atom. The van der Waals surface area contributed by atoms with E-state index in [1.165, 1.54) is 0 Å². The smallest absolute Gasteiger partial charge is 0.114 e. The van der Waals surface area contributed by atoms with Crippen molar-refractivity contribution < 1.29 is 4.39 Å². The summed E-state index contributed by atoms with van der Waals surface area (Å²) in [7, 11) is 3.94. The number of aromatic nitrogens is 2. The second-order valence-electron chi connectivity index (χ2n) is 6.95. The number of halogens is 1. The third kappa shape index (κ3) is 4.65. The van der Waals surface area contributed by atoms with Gasteiger partial charge in [-0.3, -0.25) is 9.58 Å². The summed E-state index contributed by atoms with van der Waals surface area (Å²) in [6.07, 6.45) is 3.64. The summed E-state index contributed by atoms with van der Waals surface area (Å²) >= 11 is 0. The summed E-state index contributed by atoms with van der Waals surface area (Å²) in [6.45, 7) is 2.77. The van der Waals surface area contributed by atoms with Crippen LogP contribution in [-0.4, -0.2) is 51.9 Å². The molecule has 0 unspecified atom stereocenters. The van der Waals surface area contributed by atoms with Crippen LogP contribution >= 0.6 is 0 Å². The quantitative estimate of drug-likeness (QED) is 0.809. The highest BCUT2D eigenvalue weighted by Gasteiger charge is 2.32. The molecule has 1 aromatic heterocycles. The van der Waals surface area contributed by atoms with Gasteiger partial charge in [-0.05, 0) is 31.2 Å². The molecule has 6 heteroatoms. The number of likely N-dealkylation sites (N-methyl/N-ethyl adjacent to an activating group) is 1. The molecule has 0 saturated carbocycles. The number of hydrogen-bond acceptors (Lipinski definition) is 4. The van der Waals surface area contributed by atoms with Crippen molar-refractivity contribution >= 4 is 0 Å². The molecule has 3 rings (SSSR count). The van der Waals surface area contributed by atoms with Gasteiger partial charge >= 0.3 is 0 Å². The molecule has 1 aliphatic rings. The van der Waals surface area contributed by atoms with Gasteiger partial charge in [0.15, 0.2) is 0 Å². The maximum atomic E-state index is 14.0. The zero-order chi connectivity index (χ0) is 17.8. The van der Waals surface area contributed by atoms with E-state index in [0.717, 1.165) is 30.8 Å². The van der Waals surface area contributed by atoms with Gasteiger partial charge in [0.25, 0.3) is 0 Å². The predicted octanol–water partition coefficient (Wildman–Crippen LogP) is 2.34. The van der Waals surface area contributed by atoms with Crippen LogP contribution < -0.4 is 0 Å². The topological polar surface area (TPSA) is 48.1 Å². The maximum absolute atomic E-state index is 14.0. The summed E-state index contributed by atoms with van der Waals surface area (Å²) < 4.78 is 15.8. The molecule has 0 bridgehead atoms. The van der Waals surface area contributed by atoms with Crippen LogP contribution in [0.4, 0.5) is 4.39 Å². The Balaban J connectivity index is 1.60. The van der Waals surface area contributed by atoms with Crippen LogP contribution in [0, 0.1) is 11.3 Å². The average Bonchev–Trinajstić information content (AvgIpc) is 3.13. The molecule has 132 valence electrons. The third-order valence-corrected chi connectivity index (χ3v) is 4.65. The lowest BCUT2D eigenvalue weighted by Gasteiger charge is -2.28. The molecule has 1 aromatic carbocycles. The van der Waals surface area contributed by atoms with Crippen molar-refractivity contribution in [3.63, 3.8) is 0 Å². The number of nitrogens with zero attached hydrogens (tertiary/aromatic N) is 5. The van der Waals surface area contributed by atoms with Gasteiger partial charge in [-0.2, -0.15) is 10.4 Å². The molecule has 2 heterocycles. The number of hydrogen-bond donors (Lipinski definition) is 0. The van der Waals surface area contributed by atoms with Crippen molar-refractivity contribution in [2.24, 2.45) is 7.05 Å². The third-order valence-electron chi connectivity index (χ3n) is 4.65. The Bertz CT molecular complexity index is 750. The lowest BCUT2D eigenvalue weighted by Crippen LogP contribution is -2.38. The fourth-order valence-corrected chi connectivity index (χ4v) is 3.57. The van der Waals surface area contributed by atoms with E-state index in [1.54, 1.807) is 4.68 Å². The summed E-state index contributed by atoms with van der Waals surface area (Å²) in [6, 6.07) is 10.0. The molecular formula is C19H24FN5. The lowest BCUT2D eigenvalue weighted by atomic mass is 10.1. The van der Waals surface area contributed by atoms with E-state index >= 15 is 0 Å². The number of alkyl halides is 1. The van der Waals surface area contributed by atoms with Gasteiger partial charge in [-0.1, -0.05) is 12.1 Å². The lowest BCUT2D eigenvalue weighted by molar-refractivity contribution is 0.180. The maximum Gasteiger partial charge on any atom is 0.114 e. The molecule has 1 fully saturated rings. The SMILES string of the molecule is CN(Cc1cccc(C#N)c1)C[C@@H]1C[C@H](F)CN1Cc1cnn(C)c1. The number of benzene rings is 1. The fraction of sp³-hybridized carbons (Fsp3) is 0.474. The van der Waals surface area contributed by atoms with Crippen LogP contribution in [0.2, 0.25) is 0 Å². The van der Waals surface area contributed by atoms with E-state index in [-0.39, 0.29) is 6.04 Å². The first kappa shape index (κ1) is 17.6. The Morgan fingerprint density at radius 1 is 1.40 bits per heavy atom. The summed E-state index contributed by atoms with van der Waals surface area (Å²) in [5.41, 5.74) is 2.90. The van der Waals surface area contributed by atoms with Gasteiger partial charge in [0, 0.05) is 51.0 Å². The van der Waals surface area contributed by atoms with Crippen molar-refractivity contribution in [2.75, 3.05) is 20.1 Å². The molecule has 1 saturated heterocycles. The summed E-state index contributed by atoms with van der Waals surface area (Å²) in [5.74, 6) is 0. The predicted molar refractivity (Wildman–Crippen MR) is 94.4 cm³/mol. The minimum Gasteiger partial charge on any atom is -0.301 e. The van der Waals surface area contributed by atoms with E-state index in [2.05, 4.69) is 21.0 Å². The van der Waals surface area contributed by atoms with Gasteiger partial charge in [0.05, 0.1) is 17.8 Å². The van der Waals surface area contributed by atoms with Gasteiger partial charge in [0.2, 0.25) is 0 Å². The van der Waals surface area contributed by atoms with Crippen LogP contribution in [0.1, 0.15) is 23.1 Å². The van der Waals surface area contributed by atoms with Gasteiger partial charge in [-0.25, -0.2) is 4.39 Å². The average molecular weight is 341 g/mol. The molecule has 1 aliphatic heterocycles. The zero-order valence-electron chi connectivity index (χ0n) is 14.8. The van der Waals surface area contributed by atoms with E-state index in [9.17, 15) is 4.39 Å². The number of nitriles is 1. The van der Waals surface area contributed by atoms with E-state index in [1.807, 2.05) is 50.8 Å². The van der Waals surface area contributed by atoms with Crippen molar-refractivity contribution in [3.05, 3.63) is 53.3 Å². The Labute approximate surface area is 148 Å². The highest BCUT2D eigenvalue weighted by Crippen LogP contribution is 2.23. The van der Waals surface area contributed by atoms with Crippen LogP contribution in [0.15, 0.2) is 36.7 Å². The summed E-state index contributed by atoms with van der Waals surface area (Å²) in [4.78, 5) is 4.42. The molecule has 0 amide bonds. The van der Waals surface area contributed by atoms with Gasteiger partial charge < -0.3 is 4.90 Å². The number of rotatable bonds is 6. The minimum atomic E-state index is -0.767. The molecule has 2 atom stereocenters. The monoisotopic (exact) mass is 341 g/mol. The largest absolute Gasteiger partial charge is 0.301 e. The standard InChI is InChI=1S/C19H24FN5/c1-23(10-16-5-3-4-15(6-16)8-21)14-19-7-18(20)13-25(19)12-17-9-22-24(2)11-17/h3-6,9,11,18-19H,7,10,12-14H2,1-2H3/t18-,19-/m0/s1. The highest BCUT2D eigenvalue weighted by atomic mass is 19.1.